The quantitative estimate of drug-likeness (QED) is 0.600. The van der Waals surface area contributed by atoms with Crippen molar-refractivity contribution < 1.29 is 15.0 Å². The lowest BCUT2D eigenvalue weighted by Gasteiger charge is -2.34. The molecule has 2 heterocycles. The van der Waals surface area contributed by atoms with Crippen LogP contribution < -0.4 is 5.32 Å². The Labute approximate surface area is 102 Å². The van der Waals surface area contributed by atoms with Crippen LogP contribution in [0.25, 0.3) is 0 Å². The molecule has 0 unspecified atom stereocenters. The second kappa shape index (κ2) is 5.80. The number of hydrogen-bond acceptors (Lipinski definition) is 4. The highest BCUT2D eigenvalue weighted by Gasteiger charge is 2.29. The Kier molecular flexibility index (Phi) is 4.36. The van der Waals surface area contributed by atoms with Gasteiger partial charge in [0.05, 0.1) is 12.2 Å². The first-order valence-corrected chi connectivity index (χ1v) is 6.51. The number of β-amino-alcohol motifs (C(OH)–C–C–N with tert-alkyl or cyclic N) is 1. The monoisotopic (exact) mass is 242 g/mol. The third-order valence-corrected chi connectivity index (χ3v) is 3.82. The molecule has 0 saturated carbocycles. The molecular formula is C12H22N2O3. The number of carbonyl (C=O) groups excluding carboxylic acids is 1. The van der Waals surface area contributed by atoms with E-state index in [9.17, 15) is 15.0 Å². The number of nitrogens with one attached hydrogen (secondary N) is 1. The zero-order valence-corrected chi connectivity index (χ0v) is 10.1. The first kappa shape index (κ1) is 12.8. The van der Waals surface area contributed by atoms with Crippen LogP contribution in [0.5, 0.6) is 0 Å². The van der Waals surface area contributed by atoms with E-state index in [1.165, 1.54) is 0 Å². The molecule has 2 aliphatic heterocycles. The van der Waals surface area contributed by atoms with Gasteiger partial charge in [0.2, 0.25) is 5.91 Å². The third kappa shape index (κ3) is 3.40. The summed E-state index contributed by atoms with van der Waals surface area (Å²) in [5.74, 6) is 0.607. The van der Waals surface area contributed by atoms with Gasteiger partial charge >= 0.3 is 0 Å². The molecule has 0 bridgehead atoms. The minimum atomic E-state index is -0.777. The summed E-state index contributed by atoms with van der Waals surface area (Å²) in [6, 6.07) is 0. The van der Waals surface area contributed by atoms with E-state index in [2.05, 4.69) is 5.32 Å². The minimum absolute atomic E-state index is 0.128. The molecule has 17 heavy (non-hydrogen) atoms. The number of aliphatic hydroxyl groups is 2. The summed E-state index contributed by atoms with van der Waals surface area (Å²) in [4.78, 5) is 13.7. The second-order valence-electron chi connectivity index (χ2n) is 5.16. The van der Waals surface area contributed by atoms with Gasteiger partial charge in [-0.2, -0.15) is 0 Å². The van der Waals surface area contributed by atoms with E-state index in [4.69, 9.17) is 0 Å². The lowest BCUT2D eigenvalue weighted by Crippen LogP contribution is -2.49. The Hall–Kier alpha value is -0.650. The number of rotatable bonds is 2. The molecule has 2 aliphatic rings. The lowest BCUT2D eigenvalue weighted by atomic mass is 9.93. The molecule has 2 fully saturated rings. The van der Waals surface area contributed by atoms with Crippen LogP contribution in [0.4, 0.5) is 0 Å². The van der Waals surface area contributed by atoms with E-state index in [-0.39, 0.29) is 12.5 Å². The predicted molar refractivity (Wildman–Crippen MR) is 63.4 cm³/mol. The Balaban J connectivity index is 1.79. The van der Waals surface area contributed by atoms with E-state index >= 15 is 0 Å². The normalized spacial score (nSPS) is 31.5. The van der Waals surface area contributed by atoms with Crippen molar-refractivity contribution >= 4 is 5.91 Å². The molecule has 0 aromatic heterocycles. The third-order valence-electron chi connectivity index (χ3n) is 3.82. The number of nitrogens with zero attached hydrogens (tertiary/aromatic N) is 1. The van der Waals surface area contributed by atoms with E-state index in [1.54, 1.807) is 4.90 Å². The molecule has 0 aliphatic carbocycles. The summed E-state index contributed by atoms with van der Waals surface area (Å²) in [6.45, 7) is 2.85. The summed E-state index contributed by atoms with van der Waals surface area (Å²) < 4.78 is 0. The van der Waals surface area contributed by atoms with Crippen LogP contribution in [0.2, 0.25) is 0 Å². The first-order valence-electron chi connectivity index (χ1n) is 6.51. The number of hydrogen-bond donors (Lipinski definition) is 3. The van der Waals surface area contributed by atoms with E-state index in [1.807, 2.05) is 0 Å². The Morgan fingerprint density at radius 3 is 2.53 bits per heavy atom. The molecule has 2 atom stereocenters. The molecule has 98 valence electrons. The van der Waals surface area contributed by atoms with Gasteiger partial charge in [-0.05, 0) is 38.3 Å². The molecule has 2 saturated heterocycles. The largest absolute Gasteiger partial charge is 0.390 e. The fourth-order valence-electron chi connectivity index (χ4n) is 2.61. The van der Waals surface area contributed by atoms with E-state index in [0.29, 0.717) is 25.3 Å². The number of piperidine rings is 2. The first-order chi connectivity index (χ1) is 8.16. The van der Waals surface area contributed by atoms with Crippen LogP contribution in [-0.2, 0) is 4.79 Å². The maximum Gasteiger partial charge on any atom is 0.222 e. The average Bonchev–Trinajstić information content (AvgIpc) is 2.34. The van der Waals surface area contributed by atoms with E-state index in [0.717, 1.165) is 25.9 Å². The minimum Gasteiger partial charge on any atom is -0.390 e. The lowest BCUT2D eigenvalue weighted by molar-refractivity contribution is -0.138. The molecule has 0 aromatic carbocycles. The molecular weight excluding hydrogens is 220 g/mol. The van der Waals surface area contributed by atoms with Gasteiger partial charge in [0.15, 0.2) is 0 Å². The van der Waals surface area contributed by atoms with E-state index < -0.39 is 12.2 Å². The van der Waals surface area contributed by atoms with Crippen LogP contribution in [-0.4, -0.2) is 59.4 Å². The summed E-state index contributed by atoms with van der Waals surface area (Å²) in [5.41, 5.74) is 0. The SMILES string of the molecule is O=C(CC1CCNCC1)N1CC[C@H](O)[C@H](O)C1. The summed E-state index contributed by atoms with van der Waals surface area (Å²) in [7, 11) is 0. The van der Waals surface area contributed by atoms with Crippen LogP contribution in [0.1, 0.15) is 25.7 Å². The molecule has 5 nitrogen and oxygen atoms in total. The smallest absolute Gasteiger partial charge is 0.222 e. The predicted octanol–water partition coefficient (Wildman–Crippen LogP) is -0.670. The van der Waals surface area contributed by atoms with Gasteiger partial charge in [-0.3, -0.25) is 4.79 Å². The van der Waals surface area contributed by atoms with Crippen molar-refractivity contribution in [3.8, 4) is 0 Å². The topological polar surface area (TPSA) is 72.8 Å². The number of aliphatic hydroxyl groups excluding tert-OH is 2. The molecule has 0 radical (unpaired) electrons. The highest BCUT2D eigenvalue weighted by atomic mass is 16.3. The molecule has 3 N–H and O–H groups in total. The van der Waals surface area contributed by atoms with Gasteiger partial charge in [-0.15, -0.1) is 0 Å². The van der Waals surface area contributed by atoms with Crippen molar-refractivity contribution in [3.05, 3.63) is 0 Å². The van der Waals surface area contributed by atoms with Gasteiger partial charge < -0.3 is 20.4 Å². The zero-order chi connectivity index (χ0) is 12.3. The highest BCUT2D eigenvalue weighted by molar-refractivity contribution is 5.76. The molecule has 1 amide bonds. The molecule has 0 spiro atoms. The zero-order valence-electron chi connectivity index (χ0n) is 10.1. The Morgan fingerprint density at radius 2 is 1.88 bits per heavy atom. The van der Waals surface area contributed by atoms with Crippen LogP contribution in [0.15, 0.2) is 0 Å². The maximum atomic E-state index is 12.0. The highest BCUT2D eigenvalue weighted by Crippen LogP contribution is 2.19. The number of likely N-dealkylation sites (tertiary alicyclic amines) is 1. The van der Waals surface area contributed by atoms with Gasteiger partial charge in [-0.25, -0.2) is 0 Å². The molecule has 0 aromatic rings. The summed E-state index contributed by atoms with van der Waals surface area (Å²) in [5, 5.41) is 22.2. The number of carbonyl (C=O) groups is 1. The van der Waals surface area contributed by atoms with Crippen LogP contribution in [0.3, 0.4) is 0 Å². The second-order valence-corrected chi connectivity index (χ2v) is 5.16. The maximum absolute atomic E-state index is 12.0. The average molecular weight is 242 g/mol. The van der Waals surface area contributed by atoms with Gasteiger partial charge in [0.1, 0.15) is 0 Å². The number of amides is 1. The van der Waals surface area contributed by atoms with Crippen LogP contribution >= 0.6 is 0 Å². The fraction of sp³-hybridized carbons (Fsp3) is 0.917. The van der Waals surface area contributed by atoms with Crippen molar-refractivity contribution in [2.75, 3.05) is 26.2 Å². The standard InChI is InChI=1S/C12H22N2O3/c15-10-3-6-14(8-11(10)16)12(17)7-9-1-4-13-5-2-9/h9-11,13,15-16H,1-8H2/t10-,11+/m0/s1. The fourth-order valence-corrected chi connectivity index (χ4v) is 2.61. The van der Waals surface area contributed by atoms with Crippen molar-refractivity contribution in [2.45, 2.75) is 37.9 Å². The van der Waals surface area contributed by atoms with Crippen LogP contribution in [0, 0.1) is 5.92 Å². The van der Waals surface area contributed by atoms with Crippen molar-refractivity contribution in [1.29, 1.82) is 0 Å². The Morgan fingerprint density at radius 1 is 1.18 bits per heavy atom. The molecule has 5 heteroatoms. The van der Waals surface area contributed by atoms with Crippen molar-refractivity contribution in [1.82, 2.24) is 10.2 Å². The Bertz CT molecular complexity index is 266. The summed E-state index contributed by atoms with van der Waals surface area (Å²) >= 11 is 0. The van der Waals surface area contributed by atoms with Gasteiger partial charge in [-0.1, -0.05) is 0 Å². The van der Waals surface area contributed by atoms with Gasteiger partial charge in [0.25, 0.3) is 0 Å². The van der Waals surface area contributed by atoms with Gasteiger partial charge in [0, 0.05) is 19.5 Å². The van der Waals surface area contributed by atoms with Crippen molar-refractivity contribution in [2.24, 2.45) is 5.92 Å². The summed E-state index contributed by atoms with van der Waals surface area (Å²) in [6.07, 6.45) is 1.75. The molecule has 2 rings (SSSR count). The van der Waals surface area contributed by atoms with Crippen molar-refractivity contribution in [3.63, 3.8) is 0 Å².